The SMILES string of the molecule is CC[C@H](C)[C@H](NC(=O)[C@H](CCCCN)NC(=O)CNC(=O)[C@@H](N)CCCN=C(N)N)C(=O)N[C@@H](CS)C(=O)O. The van der Waals surface area contributed by atoms with Crippen LogP contribution in [0.15, 0.2) is 4.99 Å². The van der Waals surface area contributed by atoms with E-state index in [-0.39, 0.29) is 24.1 Å². The summed E-state index contributed by atoms with van der Waals surface area (Å²) in [6.45, 7) is 3.83. The second-order valence-electron chi connectivity index (χ2n) is 9.13. The molecule has 224 valence electrons. The van der Waals surface area contributed by atoms with Crippen molar-refractivity contribution in [3.05, 3.63) is 0 Å². The lowest BCUT2D eigenvalue weighted by Crippen LogP contribution is -2.58. The number of carboxylic acids is 1. The molecule has 0 bridgehead atoms. The van der Waals surface area contributed by atoms with Crippen LogP contribution in [0.1, 0.15) is 52.4 Å². The molecule has 5 atom stereocenters. The van der Waals surface area contributed by atoms with Crippen LogP contribution in [0.4, 0.5) is 0 Å². The first kappa shape index (κ1) is 35.9. The number of hydrogen-bond acceptors (Lipinski definition) is 9. The Balaban J connectivity index is 5.24. The van der Waals surface area contributed by atoms with Gasteiger partial charge in [0.2, 0.25) is 23.6 Å². The quantitative estimate of drug-likeness (QED) is 0.0306. The van der Waals surface area contributed by atoms with E-state index in [1.165, 1.54) is 0 Å². The Hall–Kier alpha value is -3.11. The van der Waals surface area contributed by atoms with Crippen molar-refractivity contribution in [3.8, 4) is 0 Å². The van der Waals surface area contributed by atoms with E-state index in [9.17, 15) is 29.1 Å². The molecule has 0 rings (SSSR count). The second-order valence-corrected chi connectivity index (χ2v) is 9.50. The standard InChI is InChI=1S/C23H45N9O6S/c1-3-13(2)18(21(36)31-16(12-39)22(37)38)32-20(35)15(8-4-5-9-24)30-17(33)11-29-19(34)14(25)7-6-10-28-23(26)27/h13-16,18,39H,3-12,24-25H2,1-2H3,(H,29,34)(H,30,33)(H,31,36)(H,32,35)(H,37,38)(H4,26,27,28)/t13-,14-,15-,16-,18-/m0/s1. The number of unbranched alkanes of at least 4 members (excludes halogenated alkanes) is 1. The third-order valence-electron chi connectivity index (χ3n) is 5.92. The first-order chi connectivity index (χ1) is 18.4. The predicted octanol–water partition coefficient (Wildman–Crippen LogP) is -2.87. The van der Waals surface area contributed by atoms with E-state index in [0.29, 0.717) is 45.2 Å². The molecule has 16 heteroatoms. The third kappa shape index (κ3) is 15.2. The minimum absolute atomic E-state index is 0.0621. The van der Waals surface area contributed by atoms with Crippen LogP contribution in [-0.4, -0.2) is 90.2 Å². The number of rotatable bonds is 20. The first-order valence-electron chi connectivity index (χ1n) is 12.9. The highest BCUT2D eigenvalue weighted by Gasteiger charge is 2.32. The molecule has 13 N–H and O–H groups in total. The van der Waals surface area contributed by atoms with Gasteiger partial charge in [0.15, 0.2) is 5.96 Å². The van der Waals surface area contributed by atoms with Gasteiger partial charge in [-0.1, -0.05) is 20.3 Å². The van der Waals surface area contributed by atoms with Crippen LogP contribution in [0.25, 0.3) is 0 Å². The van der Waals surface area contributed by atoms with Gasteiger partial charge in [0.25, 0.3) is 0 Å². The van der Waals surface area contributed by atoms with E-state index in [1.54, 1.807) is 6.92 Å². The van der Waals surface area contributed by atoms with Crippen LogP contribution in [0, 0.1) is 5.92 Å². The maximum Gasteiger partial charge on any atom is 0.327 e. The fraction of sp³-hybridized carbons (Fsp3) is 0.739. The second kappa shape index (κ2) is 19.9. The number of carboxylic acid groups (broad SMARTS) is 1. The van der Waals surface area contributed by atoms with Crippen molar-refractivity contribution in [3.63, 3.8) is 0 Å². The molecule has 4 amide bonds. The molecule has 0 spiro atoms. The Labute approximate surface area is 234 Å². The number of nitrogens with two attached hydrogens (primary N) is 4. The van der Waals surface area contributed by atoms with Gasteiger partial charge in [-0.2, -0.15) is 12.6 Å². The fourth-order valence-electron chi connectivity index (χ4n) is 3.36. The number of carbonyl (C=O) groups is 5. The maximum atomic E-state index is 13.1. The molecule has 0 aliphatic heterocycles. The average Bonchev–Trinajstić information content (AvgIpc) is 2.89. The van der Waals surface area contributed by atoms with E-state index in [2.05, 4.69) is 38.9 Å². The van der Waals surface area contributed by atoms with Crippen LogP contribution >= 0.6 is 12.6 Å². The first-order valence-corrected chi connectivity index (χ1v) is 13.5. The summed E-state index contributed by atoms with van der Waals surface area (Å²) in [6.07, 6.45) is 2.62. The zero-order chi connectivity index (χ0) is 30.0. The van der Waals surface area contributed by atoms with Gasteiger partial charge >= 0.3 is 5.97 Å². The van der Waals surface area contributed by atoms with E-state index in [1.807, 2.05) is 6.92 Å². The molecule has 0 aromatic rings. The summed E-state index contributed by atoms with van der Waals surface area (Å²) < 4.78 is 0. The highest BCUT2D eigenvalue weighted by atomic mass is 32.1. The van der Waals surface area contributed by atoms with Crippen molar-refractivity contribution >= 4 is 48.2 Å². The lowest BCUT2D eigenvalue weighted by atomic mass is 9.97. The van der Waals surface area contributed by atoms with Crippen LogP contribution < -0.4 is 44.2 Å². The number of aliphatic imine (C=N–C) groups is 1. The van der Waals surface area contributed by atoms with E-state index in [0.717, 1.165) is 0 Å². The fourth-order valence-corrected chi connectivity index (χ4v) is 3.61. The lowest BCUT2D eigenvalue weighted by Gasteiger charge is -2.27. The average molecular weight is 576 g/mol. The van der Waals surface area contributed by atoms with Gasteiger partial charge in [-0.05, 0) is 44.6 Å². The summed E-state index contributed by atoms with van der Waals surface area (Å²) in [6, 6.07) is -4.17. The lowest BCUT2D eigenvalue weighted by molar-refractivity contribution is -0.142. The molecule has 0 unspecified atom stereocenters. The molecule has 0 aliphatic rings. The van der Waals surface area contributed by atoms with E-state index >= 15 is 0 Å². The molecule has 39 heavy (non-hydrogen) atoms. The number of hydrogen-bond donors (Lipinski definition) is 10. The molecule has 15 nitrogen and oxygen atoms in total. The van der Waals surface area contributed by atoms with E-state index < -0.39 is 60.3 Å². The van der Waals surface area contributed by atoms with Crippen LogP contribution in [0.2, 0.25) is 0 Å². The van der Waals surface area contributed by atoms with Crippen molar-refractivity contribution in [2.45, 2.75) is 76.5 Å². The zero-order valence-electron chi connectivity index (χ0n) is 22.7. The maximum absolute atomic E-state index is 13.1. The summed E-state index contributed by atoms with van der Waals surface area (Å²) >= 11 is 3.94. The number of thiol groups is 1. The number of carbonyl (C=O) groups excluding carboxylic acids is 4. The normalized spacial score (nSPS) is 14.6. The zero-order valence-corrected chi connectivity index (χ0v) is 23.5. The van der Waals surface area contributed by atoms with Gasteiger partial charge < -0.3 is 49.3 Å². The highest BCUT2D eigenvalue weighted by molar-refractivity contribution is 7.80. The van der Waals surface area contributed by atoms with Crippen LogP contribution in [-0.2, 0) is 24.0 Å². The summed E-state index contributed by atoms with van der Waals surface area (Å²) in [5.74, 6) is -4.27. The van der Waals surface area contributed by atoms with Gasteiger partial charge in [0.1, 0.15) is 18.1 Å². The molecule has 0 saturated heterocycles. The molecule has 0 aromatic heterocycles. The topological polar surface area (TPSA) is 270 Å². The molecule has 0 radical (unpaired) electrons. The molecule has 0 aliphatic carbocycles. The van der Waals surface area contributed by atoms with Crippen LogP contribution in [0.5, 0.6) is 0 Å². The molecule has 0 heterocycles. The van der Waals surface area contributed by atoms with Crippen LogP contribution in [0.3, 0.4) is 0 Å². The summed E-state index contributed by atoms with van der Waals surface area (Å²) in [5, 5.41) is 19.2. The number of nitrogens with one attached hydrogen (secondary N) is 4. The molecular weight excluding hydrogens is 530 g/mol. The van der Waals surface area contributed by atoms with Gasteiger partial charge in [-0.15, -0.1) is 0 Å². The van der Waals surface area contributed by atoms with Crippen molar-refractivity contribution in [1.82, 2.24) is 21.3 Å². The number of guanidine groups is 1. The van der Waals surface area contributed by atoms with Crippen molar-refractivity contribution in [2.24, 2.45) is 33.8 Å². The largest absolute Gasteiger partial charge is 0.480 e. The summed E-state index contributed by atoms with van der Waals surface area (Å²) in [5.41, 5.74) is 21.9. The minimum atomic E-state index is -1.25. The van der Waals surface area contributed by atoms with Crippen molar-refractivity contribution < 1.29 is 29.1 Å². The summed E-state index contributed by atoms with van der Waals surface area (Å²) in [7, 11) is 0. The Morgan fingerprint density at radius 1 is 0.923 bits per heavy atom. The Kier molecular flexibility index (Phi) is 18.3. The minimum Gasteiger partial charge on any atom is -0.480 e. The smallest absolute Gasteiger partial charge is 0.327 e. The van der Waals surface area contributed by atoms with Crippen molar-refractivity contribution in [1.29, 1.82) is 0 Å². The van der Waals surface area contributed by atoms with Gasteiger partial charge in [0, 0.05) is 12.3 Å². The Morgan fingerprint density at radius 2 is 1.59 bits per heavy atom. The van der Waals surface area contributed by atoms with Gasteiger partial charge in [0.05, 0.1) is 12.6 Å². The highest BCUT2D eigenvalue weighted by Crippen LogP contribution is 2.10. The molecule has 0 aromatic carbocycles. The number of amides is 4. The third-order valence-corrected chi connectivity index (χ3v) is 6.28. The Bertz CT molecular complexity index is 841. The molecule has 0 fully saturated rings. The number of aliphatic carboxylic acids is 1. The van der Waals surface area contributed by atoms with Gasteiger partial charge in [-0.3, -0.25) is 24.2 Å². The predicted molar refractivity (Wildman–Crippen MR) is 151 cm³/mol. The summed E-state index contributed by atoms with van der Waals surface area (Å²) in [4.78, 5) is 65.8. The van der Waals surface area contributed by atoms with Crippen molar-refractivity contribution in [2.75, 3.05) is 25.4 Å². The Morgan fingerprint density at radius 3 is 2.13 bits per heavy atom. The number of nitrogens with zero attached hydrogens (tertiary/aromatic N) is 1. The molecular formula is C23H45N9O6S. The van der Waals surface area contributed by atoms with Gasteiger partial charge in [-0.25, -0.2) is 4.79 Å². The van der Waals surface area contributed by atoms with E-state index in [4.69, 9.17) is 22.9 Å². The monoisotopic (exact) mass is 575 g/mol. The molecule has 0 saturated carbocycles.